The number of pyridine rings is 1. The Kier molecular flexibility index (Phi) is 4.55. The summed E-state index contributed by atoms with van der Waals surface area (Å²) in [4.78, 5) is 41.6. The number of nitrogens with zero attached hydrogens (tertiary/aromatic N) is 3. The molecule has 0 radical (unpaired) electrons. The topological polar surface area (TPSA) is 121 Å². The van der Waals surface area contributed by atoms with Crippen LogP contribution < -0.4 is 10.3 Å². The lowest BCUT2D eigenvalue weighted by molar-refractivity contribution is -0.148. The number of hydrogen-bond acceptors (Lipinski definition) is 8. The molecule has 3 heterocycles. The summed E-state index contributed by atoms with van der Waals surface area (Å²) >= 11 is 0. The van der Waals surface area contributed by atoms with Gasteiger partial charge in [0, 0.05) is 6.20 Å². The van der Waals surface area contributed by atoms with E-state index in [0.29, 0.717) is 16.9 Å². The molecule has 1 aromatic carbocycles. The average Bonchev–Trinajstić information content (AvgIpc) is 3.29. The molecule has 10 heteroatoms. The number of benzene rings is 1. The van der Waals surface area contributed by atoms with Crippen LogP contribution in [0.15, 0.2) is 47.7 Å². The zero-order valence-corrected chi connectivity index (χ0v) is 16.9. The molecule has 2 N–H and O–H groups in total. The Bertz CT molecular complexity index is 1160. The number of amidine groups is 1. The van der Waals surface area contributed by atoms with Gasteiger partial charge in [-0.25, -0.2) is 9.18 Å². The van der Waals surface area contributed by atoms with E-state index in [1.165, 1.54) is 29.3 Å². The molecule has 0 saturated heterocycles. The first kappa shape index (κ1) is 20.3. The Hall–Kier alpha value is -3.66. The monoisotopic (exact) mass is 438 g/mol. The first-order valence-corrected chi connectivity index (χ1v) is 10.2. The fourth-order valence-corrected chi connectivity index (χ4v) is 4.35. The summed E-state index contributed by atoms with van der Waals surface area (Å²) < 4.78 is 18.7. The minimum absolute atomic E-state index is 0.0191. The summed E-state index contributed by atoms with van der Waals surface area (Å²) in [7, 11) is 0. The fourth-order valence-electron chi connectivity index (χ4n) is 4.35. The number of amides is 1. The van der Waals surface area contributed by atoms with Crippen LogP contribution in [0.1, 0.15) is 41.7 Å². The highest BCUT2D eigenvalue weighted by Crippen LogP contribution is 2.48. The van der Waals surface area contributed by atoms with Crippen LogP contribution in [0.3, 0.4) is 0 Å². The van der Waals surface area contributed by atoms with E-state index in [1.54, 1.807) is 18.3 Å². The molecule has 1 aliphatic carbocycles. The fraction of sp³-hybridized carbons (Fsp3) is 0.318. The van der Waals surface area contributed by atoms with Crippen molar-refractivity contribution in [1.82, 2.24) is 10.3 Å². The van der Waals surface area contributed by atoms with E-state index in [1.807, 2.05) is 0 Å². The highest BCUT2D eigenvalue weighted by molar-refractivity contribution is 6.44. The standard InChI is InChI=1S/C22H19FN4O5/c23-13-3-5-14(6-4-13)27-12-16(28)18(26-27)25-20(30)21(31)7-9-22(10-8-21)17-15(19(29)32-22)2-1-11-24-17/h1-6,11,31H,7-10,12H2,(H,25,26,30). The van der Waals surface area contributed by atoms with E-state index in [9.17, 15) is 23.9 Å². The smallest absolute Gasteiger partial charge is 0.341 e. The highest BCUT2D eigenvalue weighted by atomic mass is 19.1. The number of rotatable bonds is 2. The number of esters is 1. The van der Waals surface area contributed by atoms with Crippen molar-refractivity contribution in [3.8, 4) is 0 Å². The SMILES string of the molecule is O=C1CN(c2ccc(F)cc2)N=C1NC(=O)C1(O)CCC2(CC1)OC(=O)c1cccnc12. The molecule has 1 fully saturated rings. The Balaban J connectivity index is 1.29. The third-order valence-electron chi connectivity index (χ3n) is 6.19. The second-order valence-corrected chi connectivity index (χ2v) is 8.17. The number of carbonyl (C=O) groups is 3. The predicted octanol–water partition coefficient (Wildman–Crippen LogP) is 1.41. The second-order valence-electron chi connectivity index (χ2n) is 8.17. The van der Waals surface area contributed by atoms with Crippen LogP contribution in [0.5, 0.6) is 0 Å². The van der Waals surface area contributed by atoms with Gasteiger partial charge < -0.3 is 15.2 Å². The molecule has 1 amide bonds. The van der Waals surface area contributed by atoms with Gasteiger partial charge in [0.1, 0.15) is 18.0 Å². The van der Waals surface area contributed by atoms with Crippen molar-refractivity contribution >= 4 is 29.2 Å². The van der Waals surface area contributed by atoms with Crippen molar-refractivity contribution in [2.45, 2.75) is 36.9 Å². The van der Waals surface area contributed by atoms with Gasteiger partial charge in [0.15, 0.2) is 11.4 Å². The summed E-state index contributed by atoms with van der Waals surface area (Å²) in [5.74, 6) is -2.24. The van der Waals surface area contributed by atoms with Crippen molar-refractivity contribution in [2.24, 2.45) is 5.10 Å². The molecule has 1 aromatic heterocycles. The minimum atomic E-state index is -1.75. The van der Waals surface area contributed by atoms with E-state index in [4.69, 9.17) is 4.74 Å². The molecule has 3 aliphatic rings. The number of ether oxygens (including phenoxy) is 1. The number of nitrogens with one attached hydrogen (secondary N) is 1. The first-order chi connectivity index (χ1) is 15.3. The highest BCUT2D eigenvalue weighted by Gasteiger charge is 2.54. The number of carbonyl (C=O) groups excluding carboxylic acids is 3. The zero-order chi connectivity index (χ0) is 22.5. The lowest BCUT2D eigenvalue weighted by Crippen LogP contribution is -2.53. The maximum atomic E-state index is 13.1. The van der Waals surface area contributed by atoms with Gasteiger partial charge in [-0.2, -0.15) is 5.10 Å². The minimum Gasteiger partial charge on any atom is -0.449 e. The quantitative estimate of drug-likeness (QED) is 0.680. The van der Waals surface area contributed by atoms with Crippen LogP contribution in [-0.4, -0.2) is 45.7 Å². The third kappa shape index (κ3) is 3.23. The van der Waals surface area contributed by atoms with E-state index in [0.717, 1.165) is 0 Å². The van der Waals surface area contributed by atoms with E-state index < -0.39 is 34.7 Å². The molecule has 0 bridgehead atoms. The molecule has 0 atom stereocenters. The number of fused-ring (bicyclic) bond motifs is 2. The summed E-state index contributed by atoms with van der Waals surface area (Å²) in [6.07, 6.45) is 2.05. The second kappa shape index (κ2) is 7.20. The van der Waals surface area contributed by atoms with Crippen LogP contribution in [0.4, 0.5) is 10.1 Å². The van der Waals surface area contributed by atoms with Crippen molar-refractivity contribution < 1.29 is 28.6 Å². The molecule has 5 rings (SSSR count). The van der Waals surface area contributed by atoms with Gasteiger partial charge in [-0.1, -0.05) is 0 Å². The zero-order valence-electron chi connectivity index (χ0n) is 16.9. The maximum Gasteiger partial charge on any atom is 0.341 e. The van der Waals surface area contributed by atoms with Gasteiger partial charge in [0.2, 0.25) is 5.78 Å². The van der Waals surface area contributed by atoms with E-state index in [-0.39, 0.29) is 38.1 Å². The van der Waals surface area contributed by atoms with Gasteiger partial charge in [-0.05, 0) is 62.1 Å². The number of hydrogen-bond donors (Lipinski definition) is 2. The summed E-state index contributed by atoms with van der Waals surface area (Å²) in [6, 6.07) is 8.73. The third-order valence-corrected chi connectivity index (χ3v) is 6.19. The number of ketones is 1. The molecule has 1 saturated carbocycles. The summed E-state index contributed by atoms with van der Waals surface area (Å²) in [6.45, 7) is -0.110. The molecule has 164 valence electrons. The normalized spacial score (nSPS) is 26.7. The van der Waals surface area contributed by atoms with E-state index in [2.05, 4.69) is 15.4 Å². The molecule has 2 aliphatic heterocycles. The van der Waals surface area contributed by atoms with Crippen LogP contribution in [0, 0.1) is 5.82 Å². The van der Waals surface area contributed by atoms with Crippen molar-refractivity contribution in [2.75, 3.05) is 11.6 Å². The van der Waals surface area contributed by atoms with Gasteiger partial charge in [-0.15, -0.1) is 0 Å². The Morgan fingerprint density at radius 3 is 2.56 bits per heavy atom. The van der Waals surface area contributed by atoms with Crippen molar-refractivity contribution in [1.29, 1.82) is 0 Å². The average molecular weight is 438 g/mol. The van der Waals surface area contributed by atoms with Gasteiger partial charge in [0.25, 0.3) is 5.91 Å². The van der Waals surface area contributed by atoms with Crippen LogP contribution in [0.25, 0.3) is 0 Å². The largest absolute Gasteiger partial charge is 0.449 e. The molecule has 2 aromatic rings. The molecular weight excluding hydrogens is 419 g/mol. The van der Waals surface area contributed by atoms with Crippen LogP contribution in [0.2, 0.25) is 0 Å². The number of hydrazone groups is 1. The van der Waals surface area contributed by atoms with E-state index >= 15 is 0 Å². The predicted molar refractivity (Wildman–Crippen MR) is 109 cm³/mol. The van der Waals surface area contributed by atoms with Crippen molar-refractivity contribution in [3.63, 3.8) is 0 Å². The van der Waals surface area contributed by atoms with Gasteiger partial charge in [0.05, 0.1) is 16.9 Å². The maximum absolute atomic E-state index is 13.1. The molecular formula is C22H19FN4O5. The summed E-state index contributed by atoms with van der Waals surface area (Å²) in [5.41, 5.74) is -1.29. The Labute approximate surface area is 181 Å². The van der Waals surface area contributed by atoms with Crippen molar-refractivity contribution in [3.05, 3.63) is 59.7 Å². The number of aliphatic hydroxyl groups is 1. The molecule has 32 heavy (non-hydrogen) atoms. The Morgan fingerprint density at radius 2 is 1.84 bits per heavy atom. The number of aromatic nitrogens is 1. The van der Waals surface area contributed by atoms with Gasteiger partial charge >= 0.3 is 5.97 Å². The van der Waals surface area contributed by atoms with Crippen LogP contribution in [-0.2, 0) is 19.9 Å². The number of Topliss-reactive ketones (excluding diaryl/α,β-unsaturated/α-hetero) is 1. The molecule has 0 unspecified atom stereocenters. The first-order valence-electron chi connectivity index (χ1n) is 10.2. The number of anilines is 1. The van der Waals surface area contributed by atoms with Gasteiger partial charge in [-0.3, -0.25) is 19.6 Å². The van der Waals surface area contributed by atoms with Crippen LogP contribution >= 0.6 is 0 Å². The molecule has 1 spiro atoms. The summed E-state index contributed by atoms with van der Waals surface area (Å²) in [5, 5.41) is 18.8. The molecule has 9 nitrogen and oxygen atoms in total. The number of halogens is 1. The lowest BCUT2D eigenvalue weighted by atomic mass is 9.74. The lowest BCUT2D eigenvalue weighted by Gasteiger charge is -2.39. The Morgan fingerprint density at radius 1 is 1.12 bits per heavy atom.